The highest BCUT2D eigenvalue weighted by molar-refractivity contribution is 5.77. The molecule has 0 aliphatic rings. The molecule has 164 valence electrons. The van der Waals surface area contributed by atoms with Crippen molar-refractivity contribution in [2.45, 2.75) is 32.9 Å². The van der Waals surface area contributed by atoms with E-state index in [4.69, 9.17) is 4.42 Å². The van der Waals surface area contributed by atoms with Crippen molar-refractivity contribution < 1.29 is 14.1 Å². The average molecular weight is 426 g/mol. The Labute approximate surface area is 179 Å². The highest BCUT2D eigenvalue weighted by Crippen LogP contribution is 2.20. The molecule has 0 saturated carbocycles. The van der Waals surface area contributed by atoms with Gasteiger partial charge in [-0.05, 0) is 37.1 Å². The highest BCUT2D eigenvalue weighted by atomic mass is 16.6. The number of benzene rings is 2. The molecule has 2 aromatic carbocycles. The first kappa shape index (κ1) is 22.1. The van der Waals surface area contributed by atoms with Crippen LogP contribution in [0.4, 0.5) is 11.4 Å². The molecule has 1 aromatic heterocycles. The molecule has 3 rings (SSSR count). The number of carbonyl (C=O) groups excluding carboxylic acids is 1. The van der Waals surface area contributed by atoms with Crippen LogP contribution in [0.15, 0.2) is 51.7 Å². The summed E-state index contributed by atoms with van der Waals surface area (Å²) >= 11 is 0. The van der Waals surface area contributed by atoms with Gasteiger partial charge in [-0.15, -0.1) is 0 Å². The number of nitrogens with zero attached hydrogens (tertiary/aromatic N) is 4. The largest absolute Gasteiger partial charge is 0.419 e. The highest BCUT2D eigenvalue weighted by Gasteiger charge is 2.16. The van der Waals surface area contributed by atoms with E-state index in [0.29, 0.717) is 31.6 Å². The third-order valence-electron chi connectivity index (χ3n) is 5.20. The Balaban J connectivity index is 1.61. The molecule has 0 saturated heterocycles. The van der Waals surface area contributed by atoms with Gasteiger partial charge in [-0.25, -0.2) is 4.79 Å². The maximum absolute atomic E-state index is 12.7. The molecule has 0 spiro atoms. The zero-order chi connectivity index (χ0) is 22.5. The molecular formula is C22H26N4O5. The molecule has 3 aromatic rings. The minimum absolute atomic E-state index is 0.00988. The Kier molecular flexibility index (Phi) is 6.74. The van der Waals surface area contributed by atoms with Crippen LogP contribution in [-0.2, 0) is 17.9 Å². The summed E-state index contributed by atoms with van der Waals surface area (Å²) in [6, 6.07) is 12.1. The number of aromatic nitrogens is 1. The van der Waals surface area contributed by atoms with Crippen LogP contribution in [0.25, 0.3) is 11.1 Å². The maximum Gasteiger partial charge on any atom is 0.419 e. The van der Waals surface area contributed by atoms with Crippen LogP contribution in [0.5, 0.6) is 0 Å². The average Bonchev–Trinajstić information content (AvgIpc) is 3.06. The van der Waals surface area contributed by atoms with Gasteiger partial charge in [0.25, 0.3) is 5.69 Å². The summed E-state index contributed by atoms with van der Waals surface area (Å²) in [5.41, 5.74) is 2.67. The summed E-state index contributed by atoms with van der Waals surface area (Å²) in [5, 5.41) is 10.9. The molecule has 0 aliphatic carbocycles. The molecule has 31 heavy (non-hydrogen) atoms. The molecule has 0 fully saturated rings. The van der Waals surface area contributed by atoms with Crippen molar-refractivity contribution in [1.82, 2.24) is 9.47 Å². The lowest BCUT2D eigenvalue weighted by atomic mass is 10.1. The van der Waals surface area contributed by atoms with Crippen molar-refractivity contribution in [1.29, 1.82) is 0 Å². The molecule has 0 atom stereocenters. The first-order valence-electron chi connectivity index (χ1n) is 10.1. The van der Waals surface area contributed by atoms with Crippen molar-refractivity contribution in [2.24, 2.45) is 0 Å². The summed E-state index contributed by atoms with van der Waals surface area (Å²) in [7, 11) is 3.96. The number of carbonyl (C=O) groups is 1. The predicted octanol–water partition coefficient (Wildman–Crippen LogP) is 3.40. The van der Waals surface area contributed by atoms with Gasteiger partial charge in [-0.2, -0.15) is 0 Å². The molecule has 1 heterocycles. The van der Waals surface area contributed by atoms with E-state index in [2.05, 4.69) is 0 Å². The van der Waals surface area contributed by atoms with Crippen molar-refractivity contribution in [3.05, 3.63) is 68.7 Å². The lowest BCUT2D eigenvalue weighted by Crippen LogP contribution is -2.30. The lowest BCUT2D eigenvalue weighted by Gasteiger charge is -2.21. The second-order valence-corrected chi connectivity index (χ2v) is 7.50. The number of non-ortho nitro benzene ring substituents is 1. The summed E-state index contributed by atoms with van der Waals surface area (Å²) in [5.74, 6) is -0.577. The van der Waals surface area contributed by atoms with Gasteiger partial charge in [-0.1, -0.05) is 12.1 Å². The molecule has 0 aliphatic heterocycles. The van der Waals surface area contributed by atoms with E-state index in [0.717, 1.165) is 11.3 Å². The summed E-state index contributed by atoms with van der Waals surface area (Å²) in [6.07, 6.45) is 0.746. The van der Waals surface area contributed by atoms with Crippen molar-refractivity contribution in [2.75, 3.05) is 25.5 Å². The van der Waals surface area contributed by atoms with Gasteiger partial charge in [0, 0.05) is 51.9 Å². The Morgan fingerprint density at radius 2 is 1.87 bits per heavy atom. The standard InChI is InChI=1S/C22H26N4O5/c1-4-24(15-16-7-9-17(10-8-16)23(2)3)21(27)6-5-13-25-19-12-11-18(26(29)30)14-20(19)31-22(25)28/h7-12,14H,4-6,13,15H2,1-3H3. The van der Waals surface area contributed by atoms with Crippen molar-refractivity contribution in [3.63, 3.8) is 0 Å². The third kappa shape index (κ3) is 5.11. The predicted molar refractivity (Wildman–Crippen MR) is 118 cm³/mol. The number of hydrogen-bond donors (Lipinski definition) is 0. The molecule has 9 heteroatoms. The second kappa shape index (κ2) is 9.46. The van der Waals surface area contributed by atoms with Gasteiger partial charge < -0.3 is 14.2 Å². The lowest BCUT2D eigenvalue weighted by molar-refractivity contribution is -0.384. The van der Waals surface area contributed by atoms with Crippen molar-refractivity contribution >= 4 is 28.4 Å². The van der Waals surface area contributed by atoms with E-state index in [1.807, 2.05) is 50.2 Å². The van der Waals surface area contributed by atoms with E-state index in [9.17, 15) is 19.7 Å². The van der Waals surface area contributed by atoms with E-state index < -0.39 is 10.7 Å². The van der Waals surface area contributed by atoms with E-state index >= 15 is 0 Å². The Bertz CT molecular complexity index is 1130. The topological polar surface area (TPSA) is 102 Å². The fraction of sp³-hybridized carbons (Fsp3) is 0.364. The van der Waals surface area contributed by atoms with Gasteiger partial charge in [0.15, 0.2) is 5.58 Å². The number of hydrogen-bond acceptors (Lipinski definition) is 6. The van der Waals surface area contributed by atoms with Gasteiger partial charge in [0.2, 0.25) is 5.91 Å². The number of aryl methyl sites for hydroxylation is 1. The number of amides is 1. The molecule has 9 nitrogen and oxygen atoms in total. The Morgan fingerprint density at radius 3 is 2.48 bits per heavy atom. The second-order valence-electron chi connectivity index (χ2n) is 7.50. The summed E-state index contributed by atoms with van der Waals surface area (Å²) < 4.78 is 6.53. The minimum Gasteiger partial charge on any atom is -0.407 e. The molecule has 0 bridgehead atoms. The molecule has 0 unspecified atom stereocenters. The number of fused-ring (bicyclic) bond motifs is 1. The fourth-order valence-electron chi connectivity index (χ4n) is 3.42. The van der Waals surface area contributed by atoms with Crippen LogP contribution in [0.3, 0.4) is 0 Å². The maximum atomic E-state index is 12.7. The van der Waals surface area contributed by atoms with Crippen LogP contribution in [-0.4, -0.2) is 40.9 Å². The SMILES string of the molecule is CCN(Cc1ccc(N(C)C)cc1)C(=O)CCCn1c(=O)oc2cc([N+](=O)[O-])ccc21. The van der Waals surface area contributed by atoms with Crippen LogP contribution in [0.1, 0.15) is 25.3 Å². The molecular weight excluding hydrogens is 400 g/mol. The van der Waals surface area contributed by atoms with E-state index in [1.165, 1.54) is 22.8 Å². The number of nitro groups is 1. The number of rotatable bonds is 9. The Morgan fingerprint density at radius 1 is 1.16 bits per heavy atom. The first-order valence-corrected chi connectivity index (χ1v) is 10.1. The van der Waals surface area contributed by atoms with Crippen LogP contribution in [0, 0.1) is 10.1 Å². The quantitative estimate of drug-likeness (QED) is 0.384. The number of oxazole rings is 1. The zero-order valence-electron chi connectivity index (χ0n) is 17.9. The van der Waals surface area contributed by atoms with Crippen molar-refractivity contribution in [3.8, 4) is 0 Å². The number of nitro benzene ring substituents is 1. The van der Waals surface area contributed by atoms with E-state index in [-0.39, 0.29) is 23.6 Å². The summed E-state index contributed by atoms with van der Waals surface area (Å²) in [4.78, 5) is 39.0. The normalized spacial score (nSPS) is 10.9. The van der Waals surface area contributed by atoms with Gasteiger partial charge in [-0.3, -0.25) is 19.5 Å². The Hall–Kier alpha value is -3.62. The van der Waals surface area contributed by atoms with Crippen LogP contribution >= 0.6 is 0 Å². The summed E-state index contributed by atoms with van der Waals surface area (Å²) in [6.45, 7) is 3.35. The van der Waals surface area contributed by atoms with Gasteiger partial charge in [0.05, 0.1) is 16.5 Å². The fourth-order valence-corrected chi connectivity index (χ4v) is 3.42. The molecule has 0 radical (unpaired) electrons. The monoisotopic (exact) mass is 426 g/mol. The van der Waals surface area contributed by atoms with Crippen LogP contribution < -0.4 is 10.7 Å². The minimum atomic E-state index is -0.587. The van der Waals surface area contributed by atoms with Gasteiger partial charge >= 0.3 is 5.76 Å². The first-order chi connectivity index (χ1) is 14.8. The number of anilines is 1. The van der Waals surface area contributed by atoms with Crippen LogP contribution in [0.2, 0.25) is 0 Å². The van der Waals surface area contributed by atoms with E-state index in [1.54, 1.807) is 4.90 Å². The smallest absolute Gasteiger partial charge is 0.407 e. The molecule has 0 N–H and O–H groups in total. The molecule has 1 amide bonds. The zero-order valence-corrected chi connectivity index (χ0v) is 17.9. The van der Waals surface area contributed by atoms with Gasteiger partial charge in [0.1, 0.15) is 0 Å². The third-order valence-corrected chi connectivity index (χ3v) is 5.20.